The van der Waals surface area contributed by atoms with Crippen LogP contribution in [-0.2, 0) is 0 Å². The Morgan fingerprint density at radius 3 is 2.53 bits per heavy atom. The molecule has 2 rings (SSSR count). The molecule has 0 aliphatic rings. The highest BCUT2D eigenvalue weighted by molar-refractivity contribution is 9.10. The second-order valence-electron chi connectivity index (χ2n) is 3.54. The lowest BCUT2D eigenvalue weighted by Gasteiger charge is -2.04. The Bertz CT molecular complexity index is 561. The minimum atomic E-state index is -0.937. The van der Waals surface area contributed by atoms with Crippen molar-refractivity contribution < 1.29 is 9.90 Å². The lowest BCUT2D eigenvalue weighted by Crippen LogP contribution is -1.95. The molecule has 2 nitrogen and oxygen atoms in total. The van der Waals surface area contributed by atoms with Crippen molar-refractivity contribution in [1.29, 1.82) is 0 Å². The number of benzene rings is 2. The summed E-state index contributed by atoms with van der Waals surface area (Å²) in [7, 11) is 0. The summed E-state index contributed by atoms with van der Waals surface area (Å²) in [5.74, 6) is -0.937. The molecule has 0 fully saturated rings. The highest BCUT2D eigenvalue weighted by Gasteiger charge is 2.06. The summed E-state index contributed by atoms with van der Waals surface area (Å²) in [5.41, 5.74) is 1.97. The minimum absolute atomic E-state index is 0.263. The van der Waals surface area contributed by atoms with E-state index >= 15 is 0 Å². The quantitative estimate of drug-likeness (QED) is 0.888. The van der Waals surface area contributed by atoms with Crippen molar-refractivity contribution in [3.05, 3.63) is 57.5 Å². The van der Waals surface area contributed by atoms with Gasteiger partial charge in [-0.25, -0.2) is 4.79 Å². The first kappa shape index (κ1) is 12.1. The van der Waals surface area contributed by atoms with E-state index in [-0.39, 0.29) is 5.56 Å². The standard InChI is InChI=1S/C13H8BrClO2/c14-11-5-10(6-12(15)7-11)8-2-1-3-9(4-8)13(16)17/h1-7H,(H,16,17). The molecular weight excluding hydrogens is 303 g/mol. The Morgan fingerprint density at radius 1 is 1.12 bits per heavy atom. The van der Waals surface area contributed by atoms with Gasteiger partial charge in [0.25, 0.3) is 0 Å². The van der Waals surface area contributed by atoms with Crippen LogP contribution in [-0.4, -0.2) is 11.1 Å². The maximum Gasteiger partial charge on any atom is 0.335 e. The van der Waals surface area contributed by atoms with E-state index < -0.39 is 5.97 Å². The van der Waals surface area contributed by atoms with Crippen LogP contribution in [0.15, 0.2) is 46.9 Å². The Kier molecular flexibility index (Phi) is 3.50. The lowest BCUT2D eigenvalue weighted by molar-refractivity contribution is 0.0697. The predicted molar refractivity (Wildman–Crippen MR) is 71.5 cm³/mol. The van der Waals surface area contributed by atoms with Crippen LogP contribution in [0, 0.1) is 0 Å². The van der Waals surface area contributed by atoms with E-state index in [1.54, 1.807) is 30.3 Å². The number of carboxylic acids is 1. The number of hydrogen-bond acceptors (Lipinski definition) is 1. The summed E-state index contributed by atoms with van der Waals surface area (Å²) >= 11 is 9.31. The zero-order valence-electron chi connectivity index (χ0n) is 8.65. The molecule has 0 saturated heterocycles. The first-order valence-corrected chi connectivity index (χ1v) is 6.03. The maximum absolute atomic E-state index is 10.9. The molecule has 0 aromatic heterocycles. The van der Waals surface area contributed by atoms with Gasteiger partial charge in [-0.2, -0.15) is 0 Å². The van der Waals surface area contributed by atoms with Crippen molar-refractivity contribution in [2.45, 2.75) is 0 Å². The number of hydrogen-bond donors (Lipinski definition) is 1. The number of rotatable bonds is 2. The van der Waals surface area contributed by atoms with Gasteiger partial charge in [0.05, 0.1) is 5.56 Å². The molecule has 0 bridgehead atoms. The van der Waals surface area contributed by atoms with Crippen LogP contribution in [0.3, 0.4) is 0 Å². The third kappa shape index (κ3) is 2.87. The molecule has 0 amide bonds. The van der Waals surface area contributed by atoms with Crippen LogP contribution < -0.4 is 0 Å². The molecule has 2 aromatic rings. The topological polar surface area (TPSA) is 37.3 Å². The van der Waals surface area contributed by atoms with E-state index in [0.717, 1.165) is 15.6 Å². The Balaban J connectivity index is 2.52. The molecule has 0 radical (unpaired) electrons. The highest BCUT2D eigenvalue weighted by Crippen LogP contribution is 2.27. The summed E-state index contributed by atoms with van der Waals surface area (Å²) in [6, 6.07) is 12.2. The van der Waals surface area contributed by atoms with E-state index in [4.69, 9.17) is 16.7 Å². The van der Waals surface area contributed by atoms with Crippen molar-refractivity contribution in [1.82, 2.24) is 0 Å². The van der Waals surface area contributed by atoms with E-state index in [1.165, 1.54) is 0 Å². The van der Waals surface area contributed by atoms with E-state index in [9.17, 15) is 4.79 Å². The fourth-order valence-corrected chi connectivity index (χ4v) is 2.41. The smallest absolute Gasteiger partial charge is 0.335 e. The molecule has 86 valence electrons. The SMILES string of the molecule is O=C(O)c1cccc(-c2cc(Cl)cc(Br)c2)c1. The van der Waals surface area contributed by atoms with Crippen molar-refractivity contribution in [3.63, 3.8) is 0 Å². The molecule has 0 heterocycles. The zero-order chi connectivity index (χ0) is 12.4. The maximum atomic E-state index is 10.9. The van der Waals surface area contributed by atoms with Gasteiger partial charge >= 0.3 is 5.97 Å². The van der Waals surface area contributed by atoms with Gasteiger partial charge in [-0.15, -0.1) is 0 Å². The lowest BCUT2D eigenvalue weighted by atomic mass is 10.0. The van der Waals surface area contributed by atoms with Crippen molar-refractivity contribution >= 4 is 33.5 Å². The molecule has 0 atom stereocenters. The number of aromatic carboxylic acids is 1. The van der Waals surface area contributed by atoms with Crippen molar-refractivity contribution in [2.24, 2.45) is 0 Å². The van der Waals surface area contributed by atoms with Crippen LogP contribution in [0.1, 0.15) is 10.4 Å². The van der Waals surface area contributed by atoms with Gasteiger partial charge in [0.2, 0.25) is 0 Å². The monoisotopic (exact) mass is 310 g/mol. The zero-order valence-corrected chi connectivity index (χ0v) is 11.0. The number of carbonyl (C=O) groups is 1. The molecule has 0 spiro atoms. The third-order valence-corrected chi connectivity index (χ3v) is 2.98. The van der Waals surface area contributed by atoms with E-state index in [1.807, 2.05) is 12.1 Å². The Morgan fingerprint density at radius 2 is 1.88 bits per heavy atom. The molecule has 0 aliphatic carbocycles. The van der Waals surface area contributed by atoms with Crippen LogP contribution in [0.4, 0.5) is 0 Å². The summed E-state index contributed by atoms with van der Waals surface area (Å²) in [6.45, 7) is 0. The van der Waals surface area contributed by atoms with Crippen LogP contribution in [0.2, 0.25) is 5.02 Å². The molecule has 0 unspecified atom stereocenters. The average molecular weight is 312 g/mol. The van der Waals surface area contributed by atoms with Gasteiger partial charge in [0.1, 0.15) is 0 Å². The largest absolute Gasteiger partial charge is 0.478 e. The summed E-state index contributed by atoms with van der Waals surface area (Å²) in [5, 5.41) is 9.54. The fraction of sp³-hybridized carbons (Fsp3) is 0. The van der Waals surface area contributed by atoms with Gasteiger partial charge < -0.3 is 5.11 Å². The molecule has 1 N–H and O–H groups in total. The molecule has 4 heteroatoms. The van der Waals surface area contributed by atoms with Crippen molar-refractivity contribution in [2.75, 3.05) is 0 Å². The predicted octanol–water partition coefficient (Wildman–Crippen LogP) is 4.47. The molecule has 0 aliphatic heterocycles. The number of halogens is 2. The van der Waals surface area contributed by atoms with Crippen molar-refractivity contribution in [3.8, 4) is 11.1 Å². The summed E-state index contributed by atoms with van der Waals surface area (Å²) in [6.07, 6.45) is 0. The fourth-order valence-electron chi connectivity index (χ4n) is 1.55. The Labute approximate surface area is 112 Å². The van der Waals surface area contributed by atoms with E-state index in [2.05, 4.69) is 15.9 Å². The van der Waals surface area contributed by atoms with Gasteiger partial charge in [-0.3, -0.25) is 0 Å². The first-order valence-electron chi connectivity index (χ1n) is 4.86. The molecule has 17 heavy (non-hydrogen) atoms. The summed E-state index contributed by atoms with van der Waals surface area (Å²) < 4.78 is 0.862. The molecular formula is C13H8BrClO2. The normalized spacial score (nSPS) is 10.2. The van der Waals surface area contributed by atoms with Gasteiger partial charge in [-0.1, -0.05) is 39.7 Å². The third-order valence-electron chi connectivity index (χ3n) is 2.31. The minimum Gasteiger partial charge on any atom is -0.478 e. The van der Waals surface area contributed by atoms with Crippen LogP contribution >= 0.6 is 27.5 Å². The van der Waals surface area contributed by atoms with Gasteiger partial charge in [-0.05, 0) is 41.5 Å². The van der Waals surface area contributed by atoms with Gasteiger partial charge in [0.15, 0.2) is 0 Å². The van der Waals surface area contributed by atoms with Crippen LogP contribution in [0.25, 0.3) is 11.1 Å². The van der Waals surface area contributed by atoms with Gasteiger partial charge in [0, 0.05) is 9.50 Å². The van der Waals surface area contributed by atoms with E-state index in [0.29, 0.717) is 5.02 Å². The first-order chi connectivity index (χ1) is 8.06. The summed E-state index contributed by atoms with van der Waals surface area (Å²) in [4.78, 5) is 10.9. The highest BCUT2D eigenvalue weighted by atomic mass is 79.9. The average Bonchev–Trinajstić information content (AvgIpc) is 2.28. The Hall–Kier alpha value is -1.32. The number of carboxylic acid groups (broad SMARTS) is 1. The second-order valence-corrected chi connectivity index (χ2v) is 4.90. The second kappa shape index (κ2) is 4.90. The molecule has 0 saturated carbocycles. The van der Waals surface area contributed by atoms with Crippen LogP contribution in [0.5, 0.6) is 0 Å². The molecule has 2 aromatic carbocycles.